The van der Waals surface area contributed by atoms with Crippen LogP contribution in [-0.2, 0) is 0 Å². The van der Waals surface area contributed by atoms with Crippen LogP contribution in [0.3, 0.4) is 0 Å². The van der Waals surface area contributed by atoms with Gasteiger partial charge in [-0.2, -0.15) is 0 Å². The summed E-state index contributed by atoms with van der Waals surface area (Å²) in [6.07, 6.45) is 3.51. The molecule has 0 radical (unpaired) electrons. The molecule has 0 amide bonds. The molecule has 2 N–H and O–H groups in total. The fraction of sp³-hybridized carbons (Fsp3) is 1.00. The lowest BCUT2D eigenvalue weighted by Crippen LogP contribution is -2.30. The monoisotopic (exact) mass is 172 g/mol. The van der Waals surface area contributed by atoms with Gasteiger partial charge in [0.2, 0.25) is 0 Å². The van der Waals surface area contributed by atoms with Gasteiger partial charge in [-0.05, 0) is 38.0 Å². The van der Waals surface area contributed by atoms with Gasteiger partial charge < -0.3 is 10.2 Å². The molecule has 1 saturated carbocycles. The van der Waals surface area contributed by atoms with E-state index in [1.165, 1.54) is 6.42 Å². The van der Waals surface area contributed by atoms with Crippen molar-refractivity contribution in [3.63, 3.8) is 0 Å². The van der Waals surface area contributed by atoms with Gasteiger partial charge in [-0.15, -0.1) is 0 Å². The van der Waals surface area contributed by atoms with Gasteiger partial charge in [-0.3, -0.25) is 0 Å². The van der Waals surface area contributed by atoms with Crippen LogP contribution >= 0.6 is 0 Å². The maximum atomic E-state index is 9.68. The average Bonchev–Trinajstić information content (AvgIpc) is 1.94. The Bertz CT molecular complexity index is 134. The molecule has 12 heavy (non-hydrogen) atoms. The highest BCUT2D eigenvalue weighted by molar-refractivity contribution is 4.78. The van der Waals surface area contributed by atoms with Crippen molar-refractivity contribution in [2.24, 2.45) is 11.8 Å². The van der Waals surface area contributed by atoms with E-state index in [2.05, 4.69) is 6.92 Å². The second kappa shape index (κ2) is 4.24. The minimum absolute atomic E-state index is 0.177. The first-order chi connectivity index (χ1) is 5.59. The summed E-state index contributed by atoms with van der Waals surface area (Å²) in [5, 5.41) is 18.9. The van der Waals surface area contributed by atoms with E-state index < -0.39 is 0 Å². The number of aliphatic hydroxyl groups excluding tert-OH is 2. The van der Waals surface area contributed by atoms with Gasteiger partial charge in [0.15, 0.2) is 0 Å². The van der Waals surface area contributed by atoms with Crippen LogP contribution in [0.2, 0.25) is 0 Å². The van der Waals surface area contributed by atoms with E-state index in [0.717, 1.165) is 19.3 Å². The van der Waals surface area contributed by atoms with Crippen molar-refractivity contribution in [2.45, 2.75) is 51.7 Å². The van der Waals surface area contributed by atoms with E-state index in [9.17, 15) is 10.2 Å². The van der Waals surface area contributed by atoms with Gasteiger partial charge in [0.1, 0.15) is 0 Å². The van der Waals surface area contributed by atoms with Crippen molar-refractivity contribution in [2.75, 3.05) is 0 Å². The van der Waals surface area contributed by atoms with Crippen LogP contribution in [0.1, 0.15) is 39.5 Å². The Morgan fingerprint density at radius 2 is 2.08 bits per heavy atom. The Kier molecular flexibility index (Phi) is 3.53. The molecule has 72 valence electrons. The van der Waals surface area contributed by atoms with Crippen LogP contribution in [-0.4, -0.2) is 22.4 Å². The zero-order valence-electron chi connectivity index (χ0n) is 8.03. The fourth-order valence-electron chi connectivity index (χ4n) is 2.13. The first kappa shape index (κ1) is 10.0. The van der Waals surface area contributed by atoms with Gasteiger partial charge in [0.25, 0.3) is 0 Å². The Labute approximate surface area is 74.6 Å². The standard InChI is InChI=1S/C10H20O2/c1-7-3-4-9(6-8(2)11)10(12)5-7/h7-12H,3-6H2,1-2H3. The van der Waals surface area contributed by atoms with Crippen LogP contribution in [0, 0.1) is 11.8 Å². The molecule has 1 aliphatic carbocycles. The predicted molar refractivity (Wildman–Crippen MR) is 48.8 cm³/mol. The molecule has 0 aromatic carbocycles. The highest BCUT2D eigenvalue weighted by Crippen LogP contribution is 2.31. The Balaban J connectivity index is 2.34. The molecular weight excluding hydrogens is 152 g/mol. The highest BCUT2D eigenvalue weighted by Gasteiger charge is 2.27. The maximum Gasteiger partial charge on any atom is 0.0571 e. The minimum Gasteiger partial charge on any atom is -0.393 e. The minimum atomic E-state index is -0.266. The molecule has 0 aromatic heterocycles. The zero-order chi connectivity index (χ0) is 9.14. The van der Waals surface area contributed by atoms with E-state index in [4.69, 9.17) is 0 Å². The fourth-order valence-corrected chi connectivity index (χ4v) is 2.13. The molecule has 1 rings (SSSR count). The summed E-state index contributed by atoms with van der Waals surface area (Å²) in [6, 6.07) is 0. The first-order valence-corrected chi connectivity index (χ1v) is 4.95. The first-order valence-electron chi connectivity index (χ1n) is 4.95. The second-order valence-corrected chi connectivity index (χ2v) is 4.33. The summed E-state index contributed by atoms with van der Waals surface area (Å²) in [5.74, 6) is 0.992. The quantitative estimate of drug-likeness (QED) is 0.663. The van der Waals surface area contributed by atoms with Crippen molar-refractivity contribution in [3.8, 4) is 0 Å². The molecule has 0 bridgehead atoms. The lowest BCUT2D eigenvalue weighted by atomic mass is 9.78. The topological polar surface area (TPSA) is 40.5 Å². The summed E-state index contributed by atoms with van der Waals surface area (Å²) in [5.41, 5.74) is 0. The van der Waals surface area contributed by atoms with Crippen molar-refractivity contribution < 1.29 is 10.2 Å². The van der Waals surface area contributed by atoms with Crippen LogP contribution in [0.25, 0.3) is 0 Å². The molecule has 2 nitrogen and oxygen atoms in total. The Hall–Kier alpha value is -0.0800. The van der Waals surface area contributed by atoms with Crippen LogP contribution in [0.15, 0.2) is 0 Å². The summed E-state index contributed by atoms with van der Waals surface area (Å²) >= 11 is 0. The van der Waals surface area contributed by atoms with Crippen molar-refractivity contribution >= 4 is 0 Å². The zero-order valence-corrected chi connectivity index (χ0v) is 8.03. The van der Waals surface area contributed by atoms with Gasteiger partial charge in [0.05, 0.1) is 12.2 Å². The van der Waals surface area contributed by atoms with Crippen molar-refractivity contribution in [1.82, 2.24) is 0 Å². The SMILES string of the molecule is CC(O)CC1CCC(C)CC1O. The van der Waals surface area contributed by atoms with Crippen molar-refractivity contribution in [3.05, 3.63) is 0 Å². The molecule has 4 unspecified atom stereocenters. The van der Waals surface area contributed by atoms with E-state index in [1.807, 2.05) is 0 Å². The van der Waals surface area contributed by atoms with Gasteiger partial charge in [-0.25, -0.2) is 0 Å². The second-order valence-electron chi connectivity index (χ2n) is 4.33. The molecule has 0 heterocycles. The van der Waals surface area contributed by atoms with E-state index in [0.29, 0.717) is 11.8 Å². The largest absolute Gasteiger partial charge is 0.393 e. The summed E-state index contributed by atoms with van der Waals surface area (Å²) in [7, 11) is 0. The molecule has 1 aliphatic rings. The maximum absolute atomic E-state index is 9.68. The van der Waals surface area contributed by atoms with Crippen LogP contribution in [0.4, 0.5) is 0 Å². The summed E-state index contributed by atoms with van der Waals surface area (Å²) in [6.45, 7) is 3.98. The predicted octanol–water partition coefficient (Wildman–Crippen LogP) is 1.55. The third-order valence-corrected chi connectivity index (χ3v) is 2.86. The van der Waals surface area contributed by atoms with Crippen molar-refractivity contribution in [1.29, 1.82) is 0 Å². The number of rotatable bonds is 2. The van der Waals surface area contributed by atoms with E-state index >= 15 is 0 Å². The van der Waals surface area contributed by atoms with Gasteiger partial charge in [0, 0.05) is 0 Å². The molecule has 0 aliphatic heterocycles. The Morgan fingerprint density at radius 1 is 1.42 bits per heavy atom. The number of hydrogen-bond acceptors (Lipinski definition) is 2. The Morgan fingerprint density at radius 3 is 2.58 bits per heavy atom. The third kappa shape index (κ3) is 2.76. The molecule has 0 saturated heterocycles. The molecular formula is C10H20O2. The lowest BCUT2D eigenvalue weighted by Gasteiger charge is -2.32. The molecule has 0 spiro atoms. The molecule has 2 heteroatoms. The van der Waals surface area contributed by atoms with Gasteiger partial charge in [-0.1, -0.05) is 13.3 Å². The third-order valence-electron chi connectivity index (χ3n) is 2.86. The number of hydrogen-bond donors (Lipinski definition) is 2. The number of aliphatic hydroxyl groups is 2. The smallest absolute Gasteiger partial charge is 0.0571 e. The van der Waals surface area contributed by atoms with E-state index in [-0.39, 0.29) is 12.2 Å². The lowest BCUT2D eigenvalue weighted by molar-refractivity contribution is 0.0221. The van der Waals surface area contributed by atoms with Gasteiger partial charge >= 0.3 is 0 Å². The highest BCUT2D eigenvalue weighted by atomic mass is 16.3. The van der Waals surface area contributed by atoms with Crippen LogP contribution < -0.4 is 0 Å². The molecule has 0 aromatic rings. The molecule has 4 atom stereocenters. The van der Waals surface area contributed by atoms with Crippen LogP contribution in [0.5, 0.6) is 0 Å². The van der Waals surface area contributed by atoms with E-state index in [1.54, 1.807) is 6.92 Å². The normalized spacial score (nSPS) is 39.5. The summed E-state index contributed by atoms with van der Waals surface area (Å²) in [4.78, 5) is 0. The summed E-state index contributed by atoms with van der Waals surface area (Å²) < 4.78 is 0. The average molecular weight is 172 g/mol. The molecule has 1 fully saturated rings.